The third-order valence-corrected chi connectivity index (χ3v) is 6.40. The van der Waals surface area contributed by atoms with E-state index in [-0.39, 0.29) is 0 Å². The predicted molar refractivity (Wildman–Crippen MR) is 114 cm³/mol. The Hall–Kier alpha value is -2.10. The number of nitrogens with zero attached hydrogens (tertiary/aromatic N) is 1. The standard InChI is InChI=1S/C22H18BrNS/c1-15-7-3-5-9-20(15)24(21-10-6-4-8-16(21)2)17-11-12-22-18(13-17)19(23)14-25-22/h3-14H,1-2H3. The van der Waals surface area contributed by atoms with E-state index in [1.54, 1.807) is 11.3 Å². The molecule has 0 radical (unpaired) electrons. The topological polar surface area (TPSA) is 3.24 Å². The number of halogens is 1. The Kier molecular flexibility index (Phi) is 4.36. The molecule has 0 N–H and O–H groups in total. The molecule has 0 amide bonds. The number of para-hydroxylation sites is 2. The van der Waals surface area contributed by atoms with E-state index in [0.29, 0.717) is 0 Å². The Morgan fingerprint density at radius 2 is 1.40 bits per heavy atom. The third kappa shape index (κ3) is 2.99. The summed E-state index contributed by atoms with van der Waals surface area (Å²) < 4.78 is 2.45. The monoisotopic (exact) mass is 407 g/mol. The van der Waals surface area contributed by atoms with Crippen molar-refractivity contribution in [1.29, 1.82) is 0 Å². The van der Waals surface area contributed by atoms with Gasteiger partial charge in [0.15, 0.2) is 0 Å². The van der Waals surface area contributed by atoms with Crippen LogP contribution in [0.3, 0.4) is 0 Å². The molecule has 0 saturated heterocycles. The van der Waals surface area contributed by atoms with Crippen molar-refractivity contribution in [3.63, 3.8) is 0 Å². The highest BCUT2D eigenvalue weighted by Crippen LogP contribution is 2.41. The molecule has 0 saturated carbocycles. The average Bonchev–Trinajstić information content (AvgIpc) is 2.99. The van der Waals surface area contributed by atoms with Crippen molar-refractivity contribution in [3.05, 3.63) is 87.7 Å². The Morgan fingerprint density at radius 3 is 2.00 bits per heavy atom. The highest BCUT2D eigenvalue weighted by Gasteiger charge is 2.16. The molecule has 4 rings (SSSR count). The SMILES string of the molecule is Cc1ccccc1N(c1ccc2scc(Br)c2c1)c1ccccc1C. The number of hydrogen-bond acceptors (Lipinski definition) is 2. The Morgan fingerprint density at radius 1 is 0.800 bits per heavy atom. The van der Waals surface area contributed by atoms with E-state index < -0.39 is 0 Å². The van der Waals surface area contributed by atoms with Gasteiger partial charge >= 0.3 is 0 Å². The van der Waals surface area contributed by atoms with E-state index in [0.717, 1.165) is 4.47 Å². The van der Waals surface area contributed by atoms with Gasteiger partial charge in [-0.3, -0.25) is 0 Å². The number of benzene rings is 3. The molecule has 3 heteroatoms. The van der Waals surface area contributed by atoms with Gasteiger partial charge in [-0.1, -0.05) is 36.4 Å². The molecule has 0 bridgehead atoms. The lowest BCUT2D eigenvalue weighted by molar-refractivity contribution is 1.23. The average molecular weight is 408 g/mol. The third-order valence-electron chi connectivity index (χ3n) is 4.48. The highest BCUT2D eigenvalue weighted by atomic mass is 79.9. The fourth-order valence-electron chi connectivity index (χ4n) is 3.16. The second-order valence-corrected chi connectivity index (χ2v) is 7.94. The minimum Gasteiger partial charge on any atom is -0.310 e. The number of hydrogen-bond donors (Lipinski definition) is 0. The van der Waals surface area contributed by atoms with Crippen LogP contribution in [0.4, 0.5) is 17.1 Å². The predicted octanol–water partition coefficient (Wildman–Crippen LogP) is 7.75. The summed E-state index contributed by atoms with van der Waals surface area (Å²) in [6.45, 7) is 4.33. The maximum Gasteiger partial charge on any atom is 0.0490 e. The Bertz CT molecular complexity index is 1010. The summed E-state index contributed by atoms with van der Waals surface area (Å²) in [5.41, 5.74) is 6.12. The van der Waals surface area contributed by atoms with E-state index in [2.05, 4.69) is 107 Å². The molecule has 0 aliphatic heterocycles. The van der Waals surface area contributed by atoms with Crippen molar-refractivity contribution in [3.8, 4) is 0 Å². The van der Waals surface area contributed by atoms with Crippen LogP contribution in [0.2, 0.25) is 0 Å². The minimum atomic E-state index is 1.16. The van der Waals surface area contributed by atoms with E-state index in [9.17, 15) is 0 Å². The summed E-state index contributed by atoms with van der Waals surface area (Å²) in [5.74, 6) is 0. The van der Waals surface area contributed by atoms with Crippen molar-refractivity contribution in [1.82, 2.24) is 0 Å². The molecule has 124 valence electrons. The molecule has 0 atom stereocenters. The van der Waals surface area contributed by atoms with Crippen LogP contribution in [-0.2, 0) is 0 Å². The first-order chi connectivity index (χ1) is 12.1. The fraction of sp³-hybridized carbons (Fsp3) is 0.0909. The van der Waals surface area contributed by atoms with Gasteiger partial charge in [-0.2, -0.15) is 0 Å². The number of rotatable bonds is 3. The van der Waals surface area contributed by atoms with Crippen LogP contribution in [-0.4, -0.2) is 0 Å². The lowest BCUT2D eigenvalue weighted by Crippen LogP contribution is -2.12. The highest BCUT2D eigenvalue weighted by molar-refractivity contribution is 9.10. The van der Waals surface area contributed by atoms with Gasteiger partial charge < -0.3 is 4.90 Å². The maximum atomic E-state index is 3.68. The van der Waals surface area contributed by atoms with Crippen LogP contribution in [0.15, 0.2) is 76.6 Å². The second kappa shape index (κ2) is 6.66. The van der Waals surface area contributed by atoms with Crippen LogP contribution in [0.25, 0.3) is 10.1 Å². The molecule has 1 aromatic heterocycles. The molecule has 0 unspecified atom stereocenters. The molecule has 1 nitrogen and oxygen atoms in total. The molecule has 0 aliphatic carbocycles. The fourth-order valence-corrected chi connectivity index (χ4v) is 4.70. The zero-order valence-electron chi connectivity index (χ0n) is 14.2. The quantitative estimate of drug-likeness (QED) is 0.335. The summed E-state index contributed by atoms with van der Waals surface area (Å²) in [4.78, 5) is 2.36. The van der Waals surface area contributed by atoms with Crippen molar-refractivity contribution >= 4 is 54.4 Å². The first kappa shape index (κ1) is 16.4. The van der Waals surface area contributed by atoms with E-state index in [4.69, 9.17) is 0 Å². The molecule has 4 aromatic rings. The molecule has 1 heterocycles. The normalized spacial score (nSPS) is 11.0. The van der Waals surface area contributed by atoms with Gasteiger partial charge in [-0.15, -0.1) is 11.3 Å². The van der Waals surface area contributed by atoms with Gasteiger partial charge in [-0.25, -0.2) is 0 Å². The minimum absolute atomic E-state index is 1.16. The summed E-state index contributed by atoms with van der Waals surface area (Å²) in [7, 11) is 0. The van der Waals surface area contributed by atoms with Gasteiger partial charge in [0.2, 0.25) is 0 Å². The molecule has 3 aromatic carbocycles. The first-order valence-corrected chi connectivity index (χ1v) is 9.90. The van der Waals surface area contributed by atoms with E-state index in [1.165, 1.54) is 38.3 Å². The number of anilines is 3. The van der Waals surface area contributed by atoms with E-state index in [1.807, 2.05) is 0 Å². The van der Waals surface area contributed by atoms with Crippen LogP contribution in [0.1, 0.15) is 11.1 Å². The number of thiophene rings is 1. The number of aryl methyl sites for hydroxylation is 2. The summed E-state index contributed by atoms with van der Waals surface area (Å²) in [6, 6.07) is 23.8. The molecular formula is C22H18BrNS. The zero-order valence-corrected chi connectivity index (χ0v) is 16.6. The summed E-state index contributed by atoms with van der Waals surface area (Å²) in [6.07, 6.45) is 0. The summed E-state index contributed by atoms with van der Waals surface area (Å²) >= 11 is 5.45. The van der Waals surface area contributed by atoms with Gasteiger partial charge in [0.05, 0.1) is 0 Å². The number of fused-ring (bicyclic) bond motifs is 1. The van der Waals surface area contributed by atoms with Gasteiger partial charge in [-0.05, 0) is 71.2 Å². The van der Waals surface area contributed by atoms with Gasteiger partial charge in [0.25, 0.3) is 0 Å². The zero-order chi connectivity index (χ0) is 17.4. The van der Waals surface area contributed by atoms with Crippen molar-refractivity contribution < 1.29 is 0 Å². The molecule has 0 fully saturated rings. The largest absolute Gasteiger partial charge is 0.310 e. The lowest BCUT2D eigenvalue weighted by atomic mass is 10.1. The Balaban J connectivity index is 1.98. The van der Waals surface area contributed by atoms with Crippen LogP contribution < -0.4 is 4.90 Å². The summed E-state index contributed by atoms with van der Waals surface area (Å²) in [5, 5.41) is 3.41. The molecule has 25 heavy (non-hydrogen) atoms. The Labute approximate surface area is 160 Å². The van der Waals surface area contributed by atoms with Crippen LogP contribution in [0.5, 0.6) is 0 Å². The van der Waals surface area contributed by atoms with Crippen LogP contribution >= 0.6 is 27.3 Å². The molecule has 0 spiro atoms. The lowest BCUT2D eigenvalue weighted by Gasteiger charge is -2.28. The second-order valence-electron chi connectivity index (χ2n) is 6.17. The first-order valence-electron chi connectivity index (χ1n) is 8.23. The molecular weight excluding hydrogens is 390 g/mol. The van der Waals surface area contributed by atoms with Crippen LogP contribution in [0, 0.1) is 13.8 Å². The smallest absolute Gasteiger partial charge is 0.0490 e. The maximum absolute atomic E-state index is 3.68. The van der Waals surface area contributed by atoms with Crippen molar-refractivity contribution in [2.75, 3.05) is 4.90 Å². The van der Waals surface area contributed by atoms with Gasteiger partial charge in [0, 0.05) is 37.0 Å². The van der Waals surface area contributed by atoms with E-state index >= 15 is 0 Å². The van der Waals surface area contributed by atoms with Crippen molar-refractivity contribution in [2.45, 2.75) is 13.8 Å². The van der Waals surface area contributed by atoms with Gasteiger partial charge in [0.1, 0.15) is 0 Å². The molecule has 0 aliphatic rings. The van der Waals surface area contributed by atoms with Crippen molar-refractivity contribution in [2.24, 2.45) is 0 Å².